The predicted octanol–water partition coefficient (Wildman–Crippen LogP) is 3.27. The number of nitrogens with one attached hydrogen (secondary N) is 1. The van der Waals surface area contributed by atoms with Crippen molar-refractivity contribution >= 4 is 21.6 Å². The van der Waals surface area contributed by atoms with Gasteiger partial charge in [0.2, 0.25) is 10.0 Å². The van der Waals surface area contributed by atoms with Gasteiger partial charge in [0.1, 0.15) is 0 Å². The number of amides is 1. The standard InChI is InChI=1S/C19H24N2O3S/c1-5-18(15-11-9-14(2)10-12-15)20-19(22)16-7-6-8-17(13-16)21(3)25(4,23)24/h6-13,18H,5H2,1-4H3,(H,20,22)/t18-/m1/s1. The lowest BCUT2D eigenvalue weighted by atomic mass is 10.0. The van der Waals surface area contributed by atoms with Gasteiger partial charge in [0.15, 0.2) is 0 Å². The molecule has 6 heteroatoms. The van der Waals surface area contributed by atoms with Crippen LogP contribution in [-0.2, 0) is 10.0 Å². The molecule has 0 saturated carbocycles. The molecule has 2 aromatic rings. The minimum Gasteiger partial charge on any atom is -0.345 e. The Balaban J connectivity index is 2.21. The summed E-state index contributed by atoms with van der Waals surface area (Å²) < 4.78 is 24.5. The van der Waals surface area contributed by atoms with Gasteiger partial charge in [-0.25, -0.2) is 8.42 Å². The van der Waals surface area contributed by atoms with E-state index in [9.17, 15) is 13.2 Å². The van der Waals surface area contributed by atoms with E-state index in [1.807, 2.05) is 38.1 Å². The van der Waals surface area contributed by atoms with Crippen LogP contribution in [0.4, 0.5) is 5.69 Å². The van der Waals surface area contributed by atoms with Crippen molar-refractivity contribution in [3.05, 3.63) is 65.2 Å². The zero-order chi connectivity index (χ0) is 18.6. The fourth-order valence-electron chi connectivity index (χ4n) is 2.50. The largest absolute Gasteiger partial charge is 0.345 e. The molecule has 1 N–H and O–H groups in total. The quantitative estimate of drug-likeness (QED) is 0.860. The Morgan fingerprint density at radius 3 is 2.36 bits per heavy atom. The monoisotopic (exact) mass is 360 g/mol. The third-order valence-electron chi connectivity index (χ3n) is 4.16. The molecule has 0 aliphatic rings. The molecule has 0 heterocycles. The van der Waals surface area contributed by atoms with Gasteiger partial charge >= 0.3 is 0 Å². The Hall–Kier alpha value is -2.34. The normalized spacial score (nSPS) is 12.5. The van der Waals surface area contributed by atoms with Crippen LogP contribution in [0.5, 0.6) is 0 Å². The average Bonchev–Trinajstić information content (AvgIpc) is 2.59. The second-order valence-electron chi connectivity index (χ2n) is 6.13. The molecule has 0 aliphatic heterocycles. The molecule has 0 spiro atoms. The van der Waals surface area contributed by atoms with Gasteiger partial charge in [-0.3, -0.25) is 9.10 Å². The van der Waals surface area contributed by atoms with E-state index in [0.29, 0.717) is 11.3 Å². The maximum Gasteiger partial charge on any atom is 0.251 e. The van der Waals surface area contributed by atoms with E-state index >= 15 is 0 Å². The van der Waals surface area contributed by atoms with Crippen LogP contribution in [0.25, 0.3) is 0 Å². The summed E-state index contributed by atoms with van der Waals surface area (Å²) in [4.78, 5) is 12.6. The number of benzene rings is 2. The van der Waals surface area contributed by atoms with Crippen LogP contribution in [0.15, 0.2) is 48.5 Å². The number of anilines is 1. The summed E-state index contributed by atoms with van der Waals surface area (Å²) in [5.41, 5.74) is 3.10. The van der Waals surface area contributed by atoms with Crippen molar-refractivity contribution in [1.82, 2.24) is 5.32 Å². The van der Waals surface area contributed by atoms with E-state index in [1.54, 1.807) is 24.3 Å². The fourth-order valence-corrected chi connectivity index (χ4v) is 2.99. The SMILES string of the molecule is CC[C@@H](NC(=O)c1cccc(N(C)S(C)(=O)=O)c1)c1ccc(C)cc1. The maximum atomic E-state index is 12.6. The van der Waals surface area contributed by atoms with Crippen molar-refractivity contribution in [2.45, 2.75) is 26.3 Å². The van der Waals surface area contributed by atoms with Crippen LogP contribution in [-0.4, -0.2) is 27.6 Å². The number of rotatable bonds is 6. The first-order valence-corrected chi connectivity index (χ1v) is 9.98. The van der Waals surface area contributed by atoms with Crippen molar-refractivity contribution in [3.8, 4) is 0 Å². The minimum absolute atomic E-state index is 0.0932. The highest BCUT2D eigenvalue weighted by Gasteiger charge is 2.17. The van der Waals surface area contributed by atoms with Gasteiger partial charge in [0, 0.05) is 12.6 Å². The Bertz CT molecular complexity index is 845. The lowest BCUT2D eigenvalue weighted by Gasteiger charge is -2.20. The Kier molecular flexibility index (Phi) is 5.85. The molecule has 0 unspecified atom stereocenters. The number of hydrogen-bond acceptors (Lipinski definition) is 3. The number of hydrogen-bond donors (Lipinski definition) is 1. The molecule has 0 bridgehead atoms. The summed E-state index contributed by atoms with van der Waals surface area (Å²) >= 11 is 0. The summed E-state index contributed by atoms with van der Waals surface area (Å²) in [6, 6.07) is 14.6. The van der Waals surface area contributed by atoms with Crippen LogP contribution < -0.4 is 9.62 Å². The number of carbonyl (C=O) groups is 1. The zero-order valence-corrected chi connectivity index (χ0v) is 15.8. The van der Waals surface area contributed by atoms with Gasteiger partial charge in [-0.05, 0) is 37.1 Å². The fraction of sp³-hybridized carbons (Fsp3) is 0.316. The molecule has 134 valence electrons. The second-order valence-corrected chi connectivity index (χ2v) is 8.14. The van der Waals surface area contributed by atoms with Crippen molar-refractivity contribution in [3.63, 3.8) is 0 Å². The molecule has 25 heavy (non-hydrogen) atoms. The molecular formula is C19H24N2O3S. The molecule has 0 fully saturated rings. The molecule has 0 radical (unpaired) electrons. The summed E-state index contributed by atoms with van der Waals surface area (Å²) in [5, 5.41) is 3.02. The summed E-state index contributed by atoms with van der Waals surface area (Å²) in [5.74, 6) is -0.226. The van der Waals surface area contributed by atoms with Crippen LogP contribution in [0.1, 0.15) is 40.9 Å². The molecule has 2 aromatic carbocycles. The average molecular weight is 360 g/mol. The maximum absolute atomic E-state index is 12.6. The highest BCUT2D eigenvalue weighted by Crippen LogP contribution is 2.20. The van der Waals surface area contributed by atoms with Crippen LogP contribution in [0, 0.1) is 6.92 Å². The number of nitrogens with zero attached hydrogens (tertiary/aromatic N) is 1. The first kappa shape index (κ1) is 19.0. The van der Waals surface area contributed by atoms with E-state index < -0.39 is 10.0 Å². The molecule has 0 aromatic heterocycles. The van der Waals surface area contributed by atoms with E-state index in [-0.39, 0.29) is 11.9 Å². The third kappa shape index (κ3) is 4.82. The predicted molar refractivity (Wildman–Crippen MR) is 101 cm³/mol. The molecular weight excluding hydrogens is 336 g/mol. The smallest absolute Gasteiger partial charge is 0.251 e. The van der Waals surface area contributed by atoms with Gasteiger partial charge in [-0.1, -0.05) is 42.8 Å². The summed E-state index contributed by atoms with van der Waals surface area (Å²) in [7, 11) is -1.91. The summed E-state index contributed by atoms with van der Waals surface area (Å²) in [6.45, 7) is 4.03. The lowest BCUT2D eigenvalue weighted by molar-refractivity contribution is 0.0935. The number of carbonyl (C=O) groups excluding carboxylic acids is 1. The van der Waals surface area contributed by atoms with Crippen LogP contribution in [0.3, 0.4) is 0 Å². The highest BCUT2D eigenvalue weighted by molar-refractivity contribution is 7.92. The van der Waals surface area contributed by atoms with Crippen molar-refractivity contribution in [2.24, 2.45) is 0 Å². The third-order valence-corrected chi connectivity index (χ3v) is 5.37. The zero-order valence-electron chi connectivity index (χ0n) is 15.0. The summed E-state index contributed by atoms with van der Waals surface area (Å²) in [6.07, 6.45) is 1.89. The first-order valence-electron chi connectivity index (χ1n) is 8.13. The Morgan fingerprint density at radius 1 is 1.16 bits per heavy atom. The Labute approximate surface area is 149 Å². The molecule has 1 amide bonds. The number of sulfonamides is 1. The van der Waals surface area contributed by atoms with E-state index in [1.165, 1.54) is 12.6 Å². The van der Waals surface area contributed by atoms with Crippen LogP contribution in [0.2, 0.25) is 0 Å². The van der Waals surface area contributed by atoms with Gasteiger partial charge < -0.3 is 5.32 Å². The second kappa shape index (κ2) is 7.70. The van der Waals surface area contributed by atoms with Crippen LogP contribution >= 0.6 is 0 Å². The Morgan fingerprint density at radius 2 is 1.80 bits per heavy atom. The molecule has 0 aliphatic carbocycles. The van der Waals surface area contributed by atoms with Gasteiger partial charge in [0.05, 0.1) is 18.0 Å². The van der Waals surface area contributed by atoms with E-state index in [0.717, 1.165) is 22.5 Å². The number of aryl methyl sites for hydroxylation is 1. The van der Waals surface area contributed by atoms with E-state index in [4.69, 9.17) is 0 Å². The first-order chi connectivity index (χ1) is 11.7. The molecule has 0 saturated heterocycles. The minimum atomic E-state index is -3.37. The van der Waals surface area contributed by atoms with Crippen molar-refractivity contribution in [2.75, 3.05) is 17.6 Å². The van der Waals surface area contributed by atoms with Crippen molar-refractivity contribution < 1.29 is 13.2 Å². The van der Waals surface area contributed by atoms with Gasteiger partial charge in [-0.15, -0.1) is 0 Å². The highest BCUT2D eigenvalue weighted by atomic mass is 32.2. The topological polar surface area (TPSA) is 66.5 Å². The van der Waals surface area contributed by atoms with Gasteiger partial charge in [-0.2, -0.15) is 0 Å². The van der Waals surface area contributed by atoms with E-state index in [2.05, 4.69) is 5.32 Å². The van der Waals surface area contributed by atoms with Gasteiger partial charge in [0.25, 0.3) is 5.91 Å². The lowest BCUT2D eigenvalue weighted by Crippen LogP contribution is -2.29. The molecule has 5 nitrogen and oxygen atoms in total. The van der Waals surface area contributed by atoms with Crippen molar-refractivity contribution in [1.29, 1.82) is 0 Å². The molecule has 1 atom stereocenters. The molecule has 2 rings (SSSR count).